The molecule has 2 fully saturated rings. The third kappa shape index (κ3) is 3.11. The quantitative estimate of drug-likeness (QED) is 0.835. The summed E-state index contributed by atoms with van der Waals surface area (Å²) in [6.45, 7) is 3.42. The van der Waals surface area contributed by atoms with Gasteiger partial charge in [-0.1, -0.05) is 0 Å². The highest BCUT2D eigenvalue weighted by Gasteiger charge is 2.32. The molecule has 0 radical (unpaired) electrons. The van der Waals surface area contributed by atoms with Crippen LogP contribution in [0, 0.1) is 5.92 Å². The Morgan fingerprint density at radius 2 is 2.12 bits per heavy atom. The van der Waals surface area contributed by atoms with Crippen molar-refractivity contribution < 1.29 is 4.79 Å². The number of fused-ring (bicyclic) bond motifs is 1. The second-order valence-electron chi connectivity index (χ2n) is 7.71. The molecule has 3 aliphatic rings. The number of nitrogens with zero attached hydrogens (tertiary/aromatic N) is 4. The van der Waals surface area contributed by atoms with Crippen molar-refractivity contribution in [2.24, 2.45) is 5.92 Å². The van der Waals surface area contributed by atoms with Crippen molar-refractivity contribution in [3.63, 3.8) is 0 Å². The molecule has 1 saturated carbocycles. The van der Waals surface area contributed by atoms with Gasteiger partial charge < -0.3 is 9.80 Å². The first-order chi connectivity index (χ1) is 12.8. The Morgan fingerprint density at radius 3 is 3.00 bits per heavy atom. The molecule has 2 aromatic rings. The fourth-order valence-electron chi connectivity index (χ4n) is 4.16. The molecule has 136 valence electrons. The van der Waals surface area contributed by atoms with Crippen LogP contribution in [0.2, 0.25) is 0 Å². The molecule has 1 aliphatic carbocycles. The second-order valence-corrected chi connectivity index (χ2v) is 8.71. The van der Waals surface area contributed by atoms with E-state index >= 15 is 0 Å². The Bertz CT molecular complexity index is 816. The van der Waals surface area contributed by atoms with Crippen molar-refractivity contribution in [3.05, 3.63) is 40.0 Å². The number of carbonyl (C=O) groups excluding carboxylic acids is 1. The molecule has 2 aromatic heterocycles. The monoisotopic (exact) mass is 368 g/mol. The van der Waals surface area contributed by atoms with Crippen LogP contribution < -0.4 is 4.90 Å². The number of carbonyl (C=O) groups is 1. The number of hydrogen-bond donors (Lipinski definition) is 0. The molecule has 1 unspecified atom stereocenters. The molecular weight excluding hydrogens is 344 g/mol. The molecule has 26 heavy (non-hydrogen) atoms. The third-order valence-corrected chi connectivity index (χ3v) is 6.84. The summed E-state index contributed by atoms with van der Waals surface area (Å²) in [5.74, 6) is 2.95. The summed E-state index contributed by atoms with van der Waals surface area (Å²) < 4.78 is 0. The summed E-state index contributed by atoms with van der Waals surface area (Å²) in [5, 5.41) is 2.15. The highest BCUT2D eigenvalue weighted by atomic mass is 32.1. The van der Waals surface area contributed by atoms with E-state index in [1.165, 1.54) is 23.3 Å². The summed E-state index contributed by atoms with van der Waals surface area (Å²) in [7, 11) is 0. The van der Waals surface area contributed by atoms with Crippen LogP contribution in [0.25, 0.3) is 0 Å². The maximum Gasteiger partial charge on any atom is 0.227 e. The van der Waals surface area contributed by atoms with Gasteiger partial charge in [-0.2, -0.15) is 0 Å². The van der Waals surface area contributed by atoms with Crippen molar-refractivity contribution in [3.8, 4) is 0 Å². The minimum Gasteiger partial charge on any atom is -0.356 e. The van der Waals surface area contributed by atoms with E-state index in [9.17, 15) is 4.79 Å². The van der Waals surface area contributed by atoms with Gasteiger partial charge in [0.1, 0.15) is 11.6 Å². The van der Waals surface area contributed by atoms with E-state index < -0.39 is 0 Å². The van der Waals surface area contributed by atoms with Crippen LogP contribution in [-0.2, 0) is 17.8 Å². The van der Waals surface area contributed by atoms with Gasteiger partial charge in [0.15, 0.2) is 0 Å². The lowest BCUT2D eigenvalue weighted by Gasteiger charge is -2.36. The van der Waals surface area contributed by atoms with Gasteiger partial charge in [-0.05, 0) is 55.2 Å². The maximum atomic E-state index is 13.1. The lowest BCUT2D eigenvalue weighted by molar-refractivity contribution is -0.136. The van der Waals surface area contributed by atoms with Gasteiger partial charge in [0, 0.05) is 43.2 Å². The van der Waals surface area contributed by atoms with Gasteiger partial charge in [0.25, 0.3) is 0 Å². The van der Waals surface area contributed by atoms with Crippen molar-refractivity contribution in [1.82, 2.24) is 14.9 Å². The van der Waals surface area contributed by atoms with E-state index in [-0.39, 0.29) is 5.92 Å². The fourth-order valence-corrected chi connectivity index (χ4v) is 5.05. The Labute approximate surface area is 158 Å². The molecule has 6 heteroatoms. The molecule has 0 bridgehead atoms. The summed E-state index contributed by atoms with van der Waals surface area (Å²) in [6.07, 6.45) is 7.35. The second kappa shape index (κ2) is 6.65. The summed E-state index contributed by atoms with van der Waals surface area (Å²) in [5.41, 5.74) is 1.34. The minimum atomic E-state index is 0.0864. The predicted octanol–water partition coefficient (Wildman–Crippen LogP) is 3.22. The Morgan fingerprint density at radius 1 is 1.19 bits per heavy atom. The summed E-state index contributed by atoms with van der Waals surface area (Å²) >= 11 is 1.82. The van der Waals surface area contributed by atoms with Gasteiger partial charge >= 0.3 is 0 Å². The molecule has 1 saturated heterocycles. The third-order valence-electron chi connectivity index (χ3n) is 5.82. The zero-order chi connectivity index (χ0) is 17.5. The number of anilines is 1. The van der Waals surface area contributed by atoms with Crippen LogP contribution in [0.3, 0.4) is 0 Å². The number of amides is 1. The Kier molecular flexibility index (Phi) is 4.15. The molecule has 1 amide bonds. The maximum absolute atomic E-state index is 13.1. The van der Waals surface area contributed by atoms with Crippen LogP contribution in [0.15, 0.2) is 23.7 Å². The first-order valence-corrected chi connectivity index (χ1v) is 10.6. The molecule has 1 atom stereocenters. The highest BCUT2D eigenvalue weighted by molar-refractivity contribution is 7.10. The molecule has 0 spiro atoms. The zero-order valence-electron chi connectivity index (χ0n) is 14.9. The average Bonchev–Trinajstić information content (AvgIpc) is 3.45. The lowest BCUT2D eigenvalue weighted by atomic mass is 9.95. The topological polar surface area (TPSA) is 49.3 Å². The van der Waals surface area contributed by atoms with E-state index in [4.69, 9.17) is 4.98 Å². The van der Waals surface area contributed by atoms with E-state index in [2.05, 4.69) is 26.2 Å². The number of rotatable bonds is 3. The Balaban J connectivity index is 1.28. The summed E-state index contributed by atoms with van der Waals surface area (Å²) in [4.78, 5) is 28.1. The smallest absolute Gasteiger partial charge is 0.227 e. The number of aromatic nitrogens is 2. The number of thiophene rings is 1. The van der Waals surface area contributed by atoms with Gasteiger partial charge in [0.05, 0.1) is 5.92 Å². The number of piperidine rings is 1. The van der Waals surface area contributed by atoms with E-state index in [1.807, 2.05) is 23.6 Å². The molecule has 4 heterocycles. The van der Waals surface area contributed by atoms with Crippen LogP contribution in [-0.4, -0.2) is 40.4 Å². The van der Waals surface area contributed by atoms with Crippen LogP contribution in [0.5, 0.6) is 0 Å². The minimum absolute atomic E-state index is 0.0864. The molecule has 5 nitrogen and oxygen atoms in total. The van der Waals surface area contributed by atoms with Crippen LogP contribution in [0.1, 0.15) is 47.9 Å². The van der Waals surface area contributed by atoms with Gasteiger partial charge in [-0.25, -0.2) is 9.97 Å². The fraction of sp³-hybridized carbons (Fsp3) is 0.550. The predicted molar refractivity (Wildman–Crippen MR) is 102 cm³/mol. The van der Waals surface area contributed by atoms with Crippen LogP contribution in [0.4, 0.5) is 5.82 Å². The van der Waals surface area contributed by atoms with Gasteiger partial charge in [0.2, 0.25) is 5.91 Å². The highest BCUT2D eigenvalue weighted by Crippen LogP contribution is 2.38. The van der Waals surface area contributed by atoms with E-state index in [0.29, 0.717) is 11.8 Å². The molecular formula is C20H24N4OS. The standard InChI is InChI=1S/C20H24N4OS/c25-20(24-10-6-17-15(12-24)7-11-26-17)16-2-1-9-23(13-16)18-5-8-21-19(22-18)14-3-4-14/h5,7-8,11,14,16H,1-4,6,9-10,12-13H2. The average molecular weight is 369 g/mol. The lowest BCUT2D eigenvalue weighted by Crippen LogP contribution is -2.46. The van der Waals surface area contributed by atoms with Gasteiger partial charge in [-0.15, -0.1) is 11.3 Å². The molecule has 0 N–H and O–H groups in total. The molecule has 5 rings (SSSR count). The first-order valence-electron chi connectivity index (χ1n) is 9.70. The molecule has 0 aromatic carbocycles. The van der Waals surface area contributed by atoms with Crippen LogP contribution >= 0.6 is 11.3 Å². The van der Waals surface area contributed by atoms with Crippen molar-refractivity contribution >= 4 is 23.1 Å². The van der Waals surface area contributed by atoms with E-state index in [1.54, 1.807) is 0 Å². The van der Waals surface area contributed by atoms with Crippen molar-refractivity contribution in [2.75, 3.05) is 24.5 Å². The SMILES string of the molecule is O=C(C1CCCN(c2ccnc(C3CC3)n2)C1)N1CCc2sccc2C1. The largest absolute Gasteiger partial charge is 0.356 e. The van der Waals surface area contributed by atoms with E-state index in [0.717, 1.165) is 57.1 Å². The first kappa shape index (κ1) is 16.2. The normalized spacial score (nSPS) is 23.0. The Hall–Kier alpha value is -1.95. The van der Waals surface area contributed by atoms with Crippen molar-refractivity contribution in [2.45, 2.75) is 44.6 Å². The zero-order valence-corrected chi connectivity index (χ0v) is 15.7. The molecule has 2 aliphatic heterocycles. The van der Waals surface area contributed by atoms with Crippen molar-refractivity contribution in [1.29, 1.82) is 0 Å². The number of hydrogen-bond acceptors (Lipinski definition) is 5. The van der Waals surface area contributed by atoms with Gasteiger partial charge in [-0.3, -0.25) is 4.79 Å². The summed E-state index contributed by atoms with van der Waals surface area (Å²) in [6, 6.07) is 4.17.